The second-order valence-electron chi connectivity index (χ2n) is 12.6. The van der Waals surface area contributed by atoms with Crippen LogP contribution in [0.5, 0.6) is 0 Å². The van der Waals surface area contributed by atoms with E-state index in [0.29, 0.717) is 0 Å². The van der Waals surface area contributed by atoms with E-state index in [2.05, 4.69) is 148 Å². The maximum Gasteiger partial charge on any atom is 0.0725 e. The molecule has 0 N–H and O–H groups in total. The van der Waals surface area contributed by atoms with E-state index in [9.17, 15) is 0 Å². The SMILES string of the molecule is CC(C)(C)c1ccc(-c2cccc3c2-c2ccccc2C32c3ccccc3-c3ccccc32)c(-c2cccc(Cl)c2)c1. The largest absolute Gasteiger partial charge is 0.0843 e. The molecule has 0 amide bonds. The number of benzene rings is 6. The molecule has 0 aromatic heterocycles. The van der Waals surface area contributed by atoms with Crippen molar-refractivity contribution in [3.8, 4) is 44.5 Å². The molecule has 6 aromatic carbocycles. The minimum atomic E-state index is -0.351. The summed E-state index contributed by atoms with van der Waals surface area (Å²) < 4.78 is 0. The lowest BCUT2D eigenvalue weighted by atomic mass is 9.70. The van der Waals surface area contributed by atoms with Crippen LogP contribution in [0.2, 0.25) is 5.02 Å². The Hall–Kier alpha value is -4.39. The van der Waals surface area contributed by atoms with E-state index in [1.165, 1.54) is 66.8 Å². The molecule has 0 radical (unpaired) electrons. The molecule has 0 bridgehead atoms. The van der Waals surface area contributed by atoms with Gasteiger partial charge in [0, 0.05) is 5.02 Å². The fourth-order valence-electron chi connectivity index (χ4n) is 7.51. The monoisotopic (exact) mass is 558 g/mol. The number of hydrogen-bond acceptors (Lipinski definition) is 0. The Balaban J connectivity index is 1.48. The highest BCUT2D eigenvalue weighted by Gasteiger charge is 2.51. The molecule has 42 heavy (non-hydrogen) atoms. The van der Waals surface area contributed by atoms with Gasteiger partial charge in [-0.3, -0.25) is 0 Å². The lowest BCUT2D eigenvalue weighted by Gasteiger charge is -2.30. The first-order valence-electron chi connectivity index (χ1n) is 14.7. The van der Waals surface area contributed by atoms with Gasteiger partial charge >= 0.3 is 0 Å². The maximum atomic E-state index is 6.56. The summed E-state index contributed by atoms with van der Waals surface area (Å²) in [6.45, 7) is 6.83. The smallest absolute Gasteiger partial charge is 0.0725 e. The summed E-state index contributed by atoms with van der Waals surface area (Å²) in [5.74, 6) is 0. The quantitative estimate of drug-likeness (QED) is 0.198. The minimum absolute atomic E-state index is 0.0262. The highest BCUT2D eigenvalue weighted by molar-refractivity contribution is 6.30. The molecule has 0 atom stereocenters. The van der Waals surface area contributed by atoms with E-state index < -0.39 is 0 Å². The van der Waals surface area contributed by atoms with Gasteiger partial charge < -0.3 is 0 Å². The van der Waals surface area contributed by atoms with E-state index in [-0.39, 0.29) is 10.8 Å². The molecule has 6 aromatic rings. The fourth-order valence-corrected chi connectivity index (χ4v) is 7.70. The van der Waals surface area contributed by atoms with Crippen molar-refractivity contribution in [2.24, 2.45) is 0 Å². The highest BCUT2D eigenvalue weighted by atomic mass is 35.5. The molecule has 8 rings (SSSR count). The topological polar surface area (TPSA) is 0 Å². The summed E-state index contributed by atoms with van der Waals surface area (Å²) in [7, 11) is 0. The first-order chi connectivity index (χ1) is 20.4. The standard InChI is InChI=1S/C41H31Cl/c1-40(2,3)27-22-23-29(34(25-27)26-12-10-13-28(42)24-26)32-17-11-21-38-39(32)33-16-6-9-20-37(33)41(38)35-18-7-4-14-30(35)31-15-5-8-19-36(31)41/h4-25H,1-3H3. The van der Waals surface area contributed by atoms with Gasteiger partial charge in [0.15, 0.2) is 0 Å². The molecule has 1 spiro atoms. The number of rotatable bonds is 2. The predicted octanol–water partition coefficient (Wildman–Crippen LogP) is 11.3. The zero-order valence-corrected chi connectivity index (χ0v) is 24.8. The third-order valence-corrected chi connectivity index (χ3v) is 9.57. The Bertz CT molecular complexity index is 1990. The van der Waals surface area contributed by atoms with Crippen molar-refractivity contribution in [1.82, 2.24) is 0 Å². The third-order valence-electron chi connectivity index (χ3n) is 9.33. The van der Waals surface area contributed by atoms with Crippen LogP contribution in [-0.2, 0) is 10.8 Å². The molecule has 0 nitrogen and oxygen atoms in total. The van der Waals surface area contributed by atoms with Crippen molar-refractivity contribution < 1.29 is 0 Å². The van der Waals surface area contributed by atoms with Gasteiger partial charge in [0.05, 0.1) is 5.41 Å². The van der Waals surface area contributed by atoms with Crippen LogP contribution in [-0.4, -0.2) is 0 Å². The average molecular weight is 559 g/mol. The van der Waals surface area contributed by atoms with Gasteiger partial charge in [-0.2, -0.15) is 0 Å². The molecule has 202 valence electrons. The van der Waals surface area contributed by atoms with Crippen molar-refractivity contribution in [1.29, 1.82) is 0 Å². The van der Waals surface area contributed by atoms with Gasteiger partial charge in [-0.1, -0.05) is 154 Å². The van der Waals surface area contributed by atoms with Crippen molar-refractivity contribution >= 4 is 11.6 Å². The predicted molar refractivity (Wildman–Crippen MR) is 177 cm³/mol. The normalized spacial score (nSPS) is 13.9. The second-order valence-corrected chi connectivity index (χ2v) is 13.1. The Kier molecular flexibility index (Phi) is 5.46. The lowest BCUT2D eigenvalue weighted by Crippen LogP contribution is -2.25. The number of halogens is 1. The molecule has 0 unspecified atom stereocenters. The number of fused-ring (bicyclic) bond motifs is 10. The molecule has 2 aliphatic rings. The van der Waals surface area contributed by atoms with Gasteiger partial charge in [-0.25, -0.2) is 0 Å². The highest BCUT2D eigenvalue weighted by Crippen LogP contribution is 2.64. The molecule has 0 aliphatic heterocycles. The molecular formula is C41H31Cl. The van der Waals surface area contributed by atoms with E-state index in [0.717, 1.165) is 10.6 Å². The molecular weight excluding hydrogens is 528 g/mol. The van der Waals surface area contributed by atoms with Crippen molar-refractivity contribution in [2.75, 3.05) is 0 Å². The van der Waals surface area contributed by atoms with E-state index in [1.54, 1.807) is 0 Å². The van der Waals surface area contributed by atoms with Crippen LogP contribution < -0.4 is 0 Å². The summed E-state index contributed by atoms with van der Waals surface area (Å²) in [6, 6.07) is 49.2. The van der Waals surface area contributed by atoms with E-state index >= 15 is 0 Å². The maximum absolute atomic E-state index is 6.56. The zero-order chi connectivity index (χ0) is 28.6. The van der Waals surface area contributed by atoms with Crippen LogP contribution in [0.15, 0.2) is 133 Å². The Morgan fingerprint density at radius 3 is 1.64 bits per heavy atom. The van der Waals surface area contributed by atoms with E-state index in [1.807, 2.05) is 6.07 Å². The summed E-state index contributed by atoms with van der Waals surface area (Å²) in [5, 5.41) is 0.751. The van der Waals surface area contributed by atoms with Crippen LogP contribution in [0.25, 0.3) is 44.5 Å². The summed E-state index contributed by atoms with van der Waals surface area (Å²) in [4.78, 5) is 0. The second kappa shape index (κ2) is 9.05. The van der Waals surface area contributed by atoms with E-state index in [4.69, 9.17) is 11.6 Å². The lowest BCUT2D eigenvalue weighted by molar-refractivity contribution is 0.590. The third kappa shape index (κ3) is 3.42. The van der Waals surface area contributed by atoms with Gasteiger partial charge in [0.2, 0.25) is 0 Å². The first kappa shape index (κ1) is 25.3. The van der Waals surface area contributed by atoms with Crippen molar-refractivity contribution in [3.05, 3.63) is 166 Å². The fraction of sp³-hybridized carbons (Fsp3) is 0.122. The van der Waals surface area contributed by atoms with Gasteiger partial charge in [0.1, 0.15) is 0 Å². The molecule has 2 aliphatic carbocycles. The molecule has 0 saturated carbocycles. The Labute approximate surface area is 253 Å². The average Bonchev–Trinajstić information content (AvgIpc) is 3.48. The van der Waals surface area contributed by atoms with Crippen LogP contribution in [0.1, 0.15) is 48.6 Å². The first-order valence-corrected chi connectivity index (χ1v) is 15.1. The Morgan fingerprint density at radius 1 is 0.452 bits per heavy atom. The summed E-state index contributed by atoms with van der Waals surface area (Å²) >= 11 is 6.56. The van der Waals surface area contributed by atoms with Crippen LogP contribution in [0, 0.1) is 0 Å². The van der Waals surface area contributed by atoms with Crippen LogP contribution >= 0.6 is 11.6 Å². The molecule has 0 saturated heterocycles. The van der Waals surface area contributed by atoms with Gasteiger partial charge in [-0.15, -0.1) is 0 Å². The van der Waals surface area contributed by atoms with Gasteiger partial charge in [-0.05, 0) is 89.9 Å². The summed E-state index contributed by atoms with van der Waals surface area (Å²) in [6.07, 6.45) is 0. The Morgan fingerprint density at radius 2 is 1.00 bits per heavy atom. The van der Waals surface area contributed by atoms with Crippen LogP contribution in [0.3, 0.4) is 0 Å². The summed E-state index contributed by atoms with van der Waals surface area (Å²) in [5.41, 5.74) is 16.6. The van der Waals surface area contributed by atoms with Gasteiger partial charge in [0.25, 0.3) is 0 Å². The zero-order valence-electron chi connectivity index (χ0n) is 24.1. The minimum Gasteiger partial charge on any atom is -0.0843 e. The molecule has 1 heteroatoms. The molecule has 0 heterocycles. The van der Waals surface area contributed by atoms with Crippen molar-refractivity contribution in [3.63, 3.8) is 0 Å². The van der Waals surface area contributed by atoms with Crippen LogP contribution in [0.4, 0.5) is 0 Å². The number of hydrogen-bond donors (Lipinski definition) is 0. The van der Waals surface area contributed by atoms with Crippen molar-refractivity contribution in [2.45, 2.75) is 31.6 Å². The molecule has 0 fully saturated rings.